The molecule has 1 aliphatic rings. The number of imidazole rings is 1. The molecule has 2 N–H and O–H groups in total. The number of rotatable bonds is 11. The summed E-state index contributed by atoms with van der Waals surface area (Å²) in [5.41, 5.74) is 1.59. The van der Waals surface area contributed by atoms with Crippen LogP contribution in [0.1, 0.15) is 85.7 Å². The minimum absolute atomic E-state index is 0.285. The number of anilines is 1. The SMILES string of the molecule is CC.CCC.CCCCCc1nc(C)c2c(=O)[nH]c(-c3cc(NS(=O)(=O)N4CCN(CC)CC4)ccc3OCC)nn12. The number of fused-ring (bicyclic) bond motifs is 1. The molecular weight excluding hydrogens is 554 g/mol. The van der Waals surface area contributed by atoms with Crippen molar-refractivity contribution in [2.45, 2.75) is 87.5 Å². The molecule has 0 bridgehead atoms. The first-order valence-electron chi connectivity index (χ1n) is 15.4. The van der Waals surface area contributed by atoms with Crippen molar-refractivity contribution in [3.63, 3.8) is 0 Å². The first-order chi connectivity index (χ1) is 20.2. The number of aromatic nitrogens is 4. The predicted molar refractivity (Wildman–Crippen MR) is 172 cm³/mol. The highest BCUT2D eigenvalue weighted by Gasteiger charge is 2.27. The van der Waals surface area contributed by atoms with Gasteiger partial charge in [0.15, 0.2) is 11.3 Å². The number of aromatic amines is 1. The Morgan fingerprint density at radius 1 is 1.02 bits per heavy atom. The molecular formula is C30H51N7O4S. The van der Waals surface area contributed by atoms with Crippen molar-refractivity contribution in [1.82, 2.24) is 28.8 Å². The van der Waals surface area contributed by atoms with Crippen molar-refractivity contribution in [2.75, 3.05) is 44.1 Å². The van der Waals surface area contributed by atoms with Gasteiger partial charge in [-0.3, -0.25) is 9.52 Å². The molecule has 3 aromatic rings. The molecule has 12 heteroatoms. The highest BCUT2D eigenvalue weighted by atomic mass is 32.2. The fourth-order valence-electron chi connectivity index (χ4n) is 4.61. The maximum absolute atomic E-state index is 13.1. The van der Waals surface area contributed by atoms with Crippen molar-refractivity contribution in [1.29, 1.82) is 0 Å². The minimum Gasteiger partial charge on any atom is -0.493 e. The molecule has 4 rings (SSSR count). The summed E-state index contributed by atoms with van der Waals surface area (Å²) < 4.78 is 37.7. The van der Waals surface area contributed by atoms with Crippen molar-refractivity contribution < 1.29 is 13.2 Å². The molecule has 1 aromatic carbocycles. The normalized spacial score (nSPS) is 14.1. The molecule has 1 aliphatic heterocycles. The van der Waals surface area contributed by atoms with Crippen LogP contribution < -0.4 is 15.0 Å². The zero-order valence-corrected chi connectivity index (χ0v) is 27.6. The monoisotopic (exact) mass is 605 g/mol. The van der Waals surface area contributed by atoms with Crippen molar-refractivity contribution in [3.05, 3.63) is 40.1 Å². The Labute approximate surface area is 251 Å². The Morgan fingerprint density at radius 2 is 1.69 bits per heavy atom. The Hall–Kier alpha value is -2.96. The van der Waals surface area contributed by atoms with Crippen LogP contribution in [0, 0.1) is 6.92 Å². The maximum Gasteiger partial charge on any atom is 0.301 e. The Morgan fingerprint density at radius 3 is 2.29 bits per heavy atom. The van der Waals surface area contributed by atoms with Crippen LogP contribution in [0.25, 0.3) is 16.9 Å². The zero-order chi connectivity index (χ0) is 31.3. The topological polar surface area (TPSA) is 125 Å². The lowest BCUT2D eigenvalue weighted by Gasteiger charge is -2.33. The van der Waals surface area contributed by atoms with E-state index in [1.807, 2.05) is 20.8 Å². The summed E-state index contributed by atoms with van der Waals surface area (Å²) in [4.78, 5) is 22.7. The summed E-state index contributed by atoms with van der Waals surface area (Å²) in [5, 5.41) is 4.72. The van der Waals surface area contributed by atoms with Crippen LogP contribution in [0.15, 0.2) is 23.0 Å². The number of likely N-dealkylation sites (N-methyl/N-ethyl adjacent to an activating group) is 1. The molecule has 2 aromatic heterocycles. The summed E-state index contributed by atoms with van der Waals surface area (Å²) in [7, 11) is -3.74. The summed E-state index contributed by atoms with van der Waals surface area (Å²) in [6.45, 7) is 19.7. The van der Waals surface area contributed by atoms with Crippen LogP contribution in [0.5, 0.6) is 5.75 Å². The molecule has 42 heavy (non-hydrogen) atoms. The van der Waals surface area contributed by atoms with Gasteiger partial charge in [0, 0.05) is 32.6 Å². The average Bonchev–Trinajstić information content (AvgIpc) is 3.30. The number of ether oxygens (including phenoxy) is 1. The Kier molecular flexibility index (Phi) is 14.5. The number of piperazine rings is 1. The van der Waals surface area contributed by atoms with Crippen LogP contribution in [-0.2, 0) is 16.6 Å². The van der Waals surface area contributed by atoms with Crippen LogP contribution in [0.4, 0.5) is 5.69 Å². The van der Waals surface area contributed by atoms with E-state index < -0.39 is 10.2 Å². The van der Waals surface area contributed by atoms with E-state index in [1.165, 1.54) is 10.7 Å². The van der Waals surface area contributed by atoms with Gasteiger partial charge in [0.25, 0.3) is 5.56 Å². The van der Waals surface area contributed by atoms with Crippen molar-refractivity contribution in [2.24, 2.45) is 0 Å². The van der Waals surface area contributed by atoms with Gasteiger partial charge in [-0.25, -0.2) is 9.50 Å². The molecule has 11 nitrogen and oxygen atoms in total. The lowest BCUT2D eigenvalue weighted by atomic mass is 10.1. The summed E-state index contributed by atoms with van der Waals surface area (Å²) in [6, 6.07) is 5.00. The standard InChI is InChI=1S/C25H37N7O4S.C3H8.C2H6/c1-5-8-9-10-22-26-18(4)23-25(33)27-24(28-32(22)23)20-17-19(11-12-21(20)36-7-3)29-37(34,35)31-15-13-30(6-2)14-16-31;1-3-2;1-2/h11-12,17,29H,5-10,13-16H2,1-4H3,(H,27,28,33);3H2,1-2H3;1-2H3. The van der Waals surface area contributed by atoms with Crippen molar-refractivity contribution >= 4 is 21.4 Å². The van der Waals surface area contributed by atoms with E-state index in [4.69, 9.17) is 9.84 Å². The quantitative estimate of drug-likeness (QED) is 0.286. The van der Waals surface area contributed by atoms with E-state index in [-0.39, 0.29) is 11.4 Å². The van der Waals surface area contributed by atoms with E-state index >= 15 is 0 Å². The van der Waals surface area contributed by atoms with Gasteiger partial charge < -0.3 is 14.6 Å². The second kappa shape index (κ2) is 17.2. The number of unbranched alkanes of at least 4 members (excludes halogenated alkanes) is 2. The van der Waals surface area contributed by atoms with Crippen LogP contribution >= 0.6 is 0 Å². The number of aryl methyl sites for hydroxylation is 2. The molecule has 0 spiro atoms. The second-order valence-electron chi connectivity index (χ2n) is 9.93. The van der Waals surface area contributed by atoms with Crippen LogP contribution in [0.3, 0.4) is 0 Å². The highest BCUT2D eigenvalue weighted by molar-refractivity contribution is 7.90. The van der Waals surface area contributed by atoms with E-state index in [1.54, 1.807) is 29.6 Å². The molecule has 0 unspecified atom stereocenters. The van der Waals surface area contributed by atoms with Gasteiger partial charge in [-0.2, -0.15) is 12.7 Å². The minimum atomic E-state index is -3.74. The predicted octanol–water partition coefficient (Wildman–Crippen LogP) is 5.26. The van der Waals surface area contributed by atoms with Crippen LogP contribution in [0.2, 0.25) is 0 Å². The number of benzene rings is 1. The molecule has 3 heterocycles. The number of nitrogens with one attached hydrogen (secondary N) is 2. The number of hydrogen-bond acceptors (Lipinski definition) is 7. The average molecular weight is 606 g/mol. The maximum atomic E-state index is 13.1. The van der Waals surface area contributed by atoms with Crippen molar-refractivity contribution in [3.8, 4) is 17.1 Å². The Balaban J connectivity index is 0.00000116. The molecule has 0 radical (unpaired) electrons. The highest BCUT2D eigenvalue weighted by Crippen LogP contribution is 2.31. The molecule has 1 fully saturated rings. The fraction of sp³-hybridized carbons (Fsp3) is 0.633. The first kappa shape index (κ1) is 35.2. The zero-order valence-electron chi connectivity index (χ0n) is 26.8. The molecule has 0 amide bonds. The van der Waals surface area contributed by atoms with E-state index in [9.17, 15) is 13.2 Å². The second-order valence-corrected chi connectivity index (χ2v) is 11.6. The lowest BCUT2D eigenvalue weighted by molar-refractivity contribution is 0.197. The third kappa shape index (κ3) is 9.02. The smallest absolute Gasteiger partial charge is 0.301 e. The van der Waals surface area contributed by atoms with Gasteiger partial charge in [-0.1, -0.05) is 60.8 Å². The third-order valence-corrected chi connectivity index (χ3v) is 8.19. The van der Waals surface area contributed by atoms with E-state index in [2.05, 4.69) is 47.3 Å². The molecule has 0 atom stereocenters. The molecule has 1 saturated heterocycles. The lowest BCUT2D eigenvalue weighted by Crippen LogP contribution is -2.50. The first-order valence-corrected chi connectivity index (χ1v) is 16.9. The number of H-pyrrole nitrogens is 1. The molecule has 0 saturated carbocycles. The van der Waals surface area contributed by atoms with Gasteiger partial charge in [-0.05, 0) is 45.0 Å². The third-order valence-electron chi connectivity index (χ3n) is 6.65. The van der Waals surface area contributed by atoms with Crippen LogP contribution in [-0.4, -0.2) is 76.5 Å². The van der Waals surface area contributed by atoms with Gasteiger partial charge in [0.1, 0.15) is 11.6 Å². The summed E-state index contributed by atoms with van der Waals surface area (Å²) >= 11 is 0. The largest absolute Gasteiger partial charge is 0.493 e. The van der Waals surface area contributed by atoms with Gasteiger partial charge >= 0.3 is 10.2 Å². The summed E-state index contributed by atoms with van der Waals surface area (Å²) in [6.07, 6.45) is 5.06. The fourth-order valence-corrected chi connectivity index (χ4v) is 5.81. The summed E-state index contributed by atoms with van der Waals surface area (Å²) in [5.74, 6) is 1.51. The van der Waals surface area contributed by atoms with Gasteiger partial charge in [-0.15, -0.1) is 5.10 Å². The molecule has 0 aliphatic carbocycles. The number of hydrogen-bond donors (Lipinski definition) is 2. The Bertz CT molecular complexity index is 1410. The van der Waals surface area contributed by atoms with Gasteiger partial charge in [0.05, 0.1) is 23.6 Å². The van der Waals surface area contributed by atoms with E-state index in [0.717, 1.165) is 31.6 Å². The van der Waals surface area contributed by atoms with Gasteiger partial charge in [0.2, 0.25) is 0 Å². The number of nitrogens with zero attached hydrogens (tertiary/aromatic N) is 5. The van der Waals surface area contributed by atoms with E-state index in [0.29, 0.717) is 67.4 Å². The molecule has 236 valence electrons.